The van der Waals surface area contributed by atoms with Crippen molar-refractivity contribution in [2.75, 3.05) is 0 Å². The average Bonchev–Trinajstić information content (AvgIpc) is 2.66. The first-order valence-corrected chi connectivity index (χ1v) is 8.53. The van der Waals surface area contributed by atoms with Gasteiger partial charge in [0.2, 0.25) is 0 Å². The molecule has 0 aliphatic heterocycles. The number of halogens is 3. The Morgan fingerprint density at radius 1 is 1.11 bits per heavy atom. The third kappa shape index (κ3) is 6.00. The van der Waals surface area contributed by atoms with Crippen LogP contribution >= 0.6 is 0 Å². The second-order valence-corrected chi connectivity index (χ2v) is 6.02. The highest BCUT2D eigenvalue weighted by atomic mass is 19.4. The van der Waals surface area contributed by atoms with Crippen LogP contribution in [0.5, 0.6) is 5.75 Å². The van der Waals surface area contributed by atoms with Crippen molar-refractivity contribution in [3.63, 3.8) is 0 Å². The number of hydrogen-bond acceptors (Lipinski definition) is 4. The molecule has 2 aromatic rings. The monoisotopic (exact) mass is 395 g/mol. The number of carbonyl (C=O) groups is 1. The number of carboxylic acids is 1. The van der Waals surface area contributed by atoms with Crippen molar-refractivity contribution in [2.45, 2.75) is 39.2 Å². The van der Waals surface area contributed by atoms with Crippen molar-refractivity contribution < 1.29 is 32.6 Å². The largest absolute Gasteiger partial charge is 0.479 e. The van der Waals surface area contributed by atoms with Gasteiger partial charge in [-0.3, -0.25) is 0 Å². The predicted octanol–water partition coefficient (Wildman–Crippen LogP) is 4.89. The van der Waals surface area contributed by atoms with E-state index in [9.17, 15) is 18.0 Å². The van der Waals surface area contributed by atoms with Gasteiger partial charge in [0.1, 0.15) is 12.4 Å². The summed E-state index contributed by atoms with van der Waals surface area (Å²) in [6.45, 7) is 3.47. The lowest BCUT2D eigenvalue weighted by Crippen LogP contribution is -2.25. The fourth-order valence-corrected chi connectivity index (χ4v) is 2.29. The van der Waals surface area contributed by atoms with Gasteiger partial charge in [-0.15, -0.1) is 0 Å². The van der Waals surface area contributed by atoms with Gasteiger partial charge in [0.15, 0.2) is 6.10 Å². The normalized spacial score (nSPS) is 13.1. The maximum atomic E-state index is 12.5. The molecule has 0 aliphatic carbocycles. The van der Waals surface area contributed by atoms with Gasteiger partial charge in [-0.1, -0.05) is 24.2 Å². The summed E-state index contributed by atoms with van der Waals surface area (Å²) in [5.41, 5.74) is 1.14. The van der Waals surface area contributed by atoms with Crippen LogP contribution in [0.4, 0.5) is 13.2 Å². The number of rotatable bonds is 8. The summed E-state index contributed by atoms with van der Waals surface area (Å²) in [5, 5.41) is 13.0. The predicted molar refractivity (Wildman–Crippen MR) is 97.2 cm³/mol. The second kappa shape index (κ2) is 9.25. The lowest BCUT2D eigenvalue weighted by atomic mass is 10.1. The first kappa shape index (κ1) is 21.3. The van der Waals surface area contributed by atoms with Crippen LogP contribution in [0.15, 0.2) is 53.7 Å². The Labute approximate surface area is 160 Å². The minimum Gasteiger partial charge on any atom is -0.479 e. The Hall–Kier alpha value is -3.03. The van der Waals surface area contributed by atoms with E-state index in [1.165, 1.54) is 12.1 Å². The molecule has 1 atom stereocenters. The van der Waals surface area contributed by atoms with E-state index in [0.717, 1.165) is 17.7 Å². The molecular formula is C20H20F3NO4. The molecule has 0 saturated heterocycles. The minimum absolute atomic E-state index is 0.0352. The van der Waals surface area contributed by atoms with Crippen molar-refractivity contribution in [3.05, 3.63) is 65.2 Å². The zero-order valence-electron chi connectivity index (χ0n) is 15.4. The Morgan fingerprint density at radius 2 is 1.71 bits per heavy atom. The van der Waals surface area contributed by atoms with Crippen molar-refractivity contribution in [1.29, 1.82) is 0 Å². The van der Waals surface area contributed by atoms with E-state index < -0.39 is 23.8 Å². The summed E-state index contributed by atoms with van der Waals surface area (Å²) in [5.74, 6) is -0.600. The van der Waals surface area contributed by atoms with Crippen LogP contribution in [0.3, 0.4) is 0 Å². The van der Waals surface area contributed by atoms with Gasteiger partial charge in [-0.2, -0.15) is 13.2 Å². The molecule has 0 fully saturated rings. The van der Waals surface area contributed by atoms with Gasteiger partial charge < -0.3 is 14.7 Å². The molecule has 0 bridgehead atoms. The van der Waals surface area contributed by atoms with Crippen LogP contribution in [0, 0.1) is 0 Å². The molecule has 1 unspecified atom stereocenters. The van der Waals surface area contributed by atoms with E-state index in [2.05, 4.69) is 5.16 Å². The Kier molecular flexibility index (Phi) is 7.03. The number of carboxylic acid groups (broad SMARTS) is 1. The van der Waals surface area contributed by atoms with Crippen LogP contribution in [-0.4, -0.2) is 22.9 Å². The molecule has 0 radical (unpaired) electrons. The molecule has 0 aromatic heterocycles. The quantitative estimate of drug-likeness (QED) is 0.511. The molecule has 2 rings (SSSR count). The summed E-state index contributed by atoms with van der Waals surface area (Å²) >= 11 is 0. The standard InChI is InChI=1S/C20H20F3NO4/c1-3-18(19(25)26)28-17-10-6-15(7-11-17)13(2)24-27-12-14-4-8-16(9-5-14)20(21,22)23/h4-11,18H,3,12H2,1-2H3,(H,25,26). The number of benzene rings is 2. The van der Waals surface area contributed by atoms with Crippen molar-refractivity contribution in [3.8, 4) is 5.75 Å². The Morgan fingerprint density at radius 3 is 2.21 bits per heavy atom. The zero-order valence-corrected chi connectivity index (χ0v) is 15.4. The second-order valence-electron chi connectivity index (χ2n) is 6.02. The van der Waals surface area contributed by atoms with Crippen LogP contribution < -0.4 is 4.74 Å². The average molecular weight is 395 g/mol. The van der Waals surface area contributed by atoms with Crippen molar-refractivity contribution >= 4 is 11.7 Å². The molecule has 0 amide bonds. The summed E-state index contributed by atoms with van der Waals surface area (Å²) < 4.78 is 43.0. The maximum Gasteiger partial charge on any atom is 0.416 e. The highest BCUT2D eigenvalue weighted by Crippen LogP contribution is 2.29. The SMILES string of the molecule is CCC(Oc1ccc(C(C)=NOCc2ccc(C(F)(F)F)cc2)cc1)C(=O)O. The Balaban J connectivity index is 1.93. The topological polar surface area (TPSA) is 68.1 Å². The number of hydrogen-bond donors (Lipinski definition) is 1. The van der Waals surface area contributed by atoms with Crippen molar-refractivity contribution in [2.24, 2.45) is 5.16 Å². The van der Waals surface area contributed by atoms with Gasteiger partial charge in [-0.05, 0) is 60.9 Å². The highest BCUT2D eigenvalue weighted by molar-refractivity contribution is 5.98. The van der Waals surface area contributed by atoms with Crippen molar-refractivity contribution in [1.82, 2.24) is 0 Å². The van der Waals surface area contributed by atoms with E-state index in [0.29, 0.717) is 23.4 Å². The van der Waals surface area contributed by atoms with Gasteiger partial charge >= 0.3 is 12.1 Å². The smallest absolute Gasteiger partial charge is 0.416 e. The molecule has 0 saturated carbocycles. The van der Waals surface area contributed by atoms with Crippen LogP contribution in [-0.2, 0) is 22.4 Å². The first-order chi connectivity index (χ1) is 13.2. The molecule has 1 N–H and O–H groups in total. The van der Waals surface area contributed by atoms with E-state index in [4.69, 9.17) is 14.7 Å². The van der Waals surface area contributed by atoms with E-state index in [-0.39, 0.29) is 6.61 Å². The van der Waals surface area contributed by atoms with E-state index in [1.807, 2.05) is 0 Å². The summed E-state index contributed by atoms with van der Waals surface area (Å²) in [4.78, 5) is 16.2. The van der Waals surface area contributed by atoms with Crippen LogP contribution in [0.25, 0.3) is 0 Å². The van der Waals surface area contributed by atoms with Gasteiger partial charge in [0.25, 0.3) is 0 Å². The van der Waals surface area contributed by atoms with Gasteiger partial charge in [0.05, 0.1) is 11.3 Å². The lowest BCUT2D eigenvalue weighted by molar-refractivity contribution is -0.145. The third-order valence-electron chi connectivity index (χ3n) is 3.91. The Bertz CT molecular complexity index is 815. The van der Waals surface area contributed by atoms with E-state index in [1.54, 1.807) is 38.1 Å². The highest BCUT2D eigenvalue weighted by Gasteiger charge is 2.29. The molecule has 5 nitrogen and oxygen atoms in total. The van der Waals surface area contributed by atoms with Crippen LogP contribution in [0.2, 0.25) is 0 Å². The van der Waals surface area contributed by atoms with Gasteiger partial charge in [-0.25, -0.2) is 4.79 Å². The number of oxime groups is 1. The number of aliphatic carboxylic acids is 1. The molecule has 8 heteroatoms. The third-order valence-corrected chi connectivity index (χ3v) is 3.91. The fraction of sp³-hybridized carbons (Fsp3) is 0.300. The number of ether oxygens (including phenoxy) is 1. The molecule has 150 valence electrons. The van der Waals surface area contributed by atoms with Gasteiger partial charge in [0, 0.05) is 0 Å². The maximum absolute atomic E-state index is 12.5. The number of nitrogens with zero attached hydrogens (tertiary/aromatic N) is 1. The molecular weight excluding hydrogens is 375 g/mol. The molecule has 0 spiro atoms. The summed E-state index contributed by atoms with van der Waals surface area (Å²) in [6, 6.07) is 11.4. The molecule has 2 aromatic carbocycles. The van der Waals surface area contributed by atoms with E-state index >= 15 is 0 Å². The fourth-order valence-electron chi connectivity index (χ4n) is 2.29. The summed E-state index contributed by atoms with van der Waals surface area (Å²) in [6.07, 6.45) is -4.94. The zero-order chi connectivity index (χ0) is 20.7. The molecule has 0 heterocycles. The first-order valence-electron chi connectivity index (χ1n) is 8.53. The van der Waals surface area contributed by atoms with Crippen LogP contribution in [0.1, 0.15) is 37.0 Å². The number of alkyl halides is 3. The summed E-state index contributed by atoms with van der Waals surface area (Å²) in [7, 11) is 0. The minimum atomic E-state index is -4.37. The molecule has 28 heavy (non-hydrogen) atoms. The molecule has 0 aliphatic rings. The lowest BCUT2D eigenvalue weighted by Gasteiger charge is -2.13.